The number of carbonyl (C=O) groups excluding carboxylic acids is 2. The lowest BCUT2D eigenvalue weighted by Gasteiger charge is -2.33. The van der Waals surface area contributed by atoms with E-state index in [4.69, 9.17) is 9.47 Å². The van der Waals surface area contributed by atoms with Crippen molar-refractivity contribution < 1.29 is 19.1 Å². The predicted octanol–water partition coefficient (Wildman–Crippen LogP) is 5.37. The summed E-state index contributed by atoms with van der Waals surface area (Å²) in [6.45, 7) is 8.57. The fourth-order valence-corrected chi connectivity index (χ4v) is 3.35. The molecule has 0 atom stereocenters. The standard InChI is InChI=1S/C24H30N2O4/c1-17-8-7-9-19(16-17)29-21-11-6-5-10-20(21)25-22(27)18-12-14-26(15-13-18)23(28)30-24(2,3)4/h5-11,16,18H,12-15H2,1-4H3,(H,25,27). The number of amides is 2. The maximum Gasteiger partial charge on any atom is 0.410 e. The van der Waals surface area contributed by atoms with Crippen molar-refractivity contribution in [3.8, 4) is 11.5 Å². The third kappa shape index (κ3) is 5.99. The second-order valence-corrected chi connectivity index (χ2v) is 8.65. The molecule has 2 amide bonds. The minimum absolute atomic E-state index is 0.0564. The maximum absolute atomic E-state index is 12.8. The van der Waals surface area contributed by atoms with Gasteiger partial charge in [0.1, 0.15) is 11.4 Å². The van der Waals surface area contributed by atoms with Gasteiger partial charge in [-0.2, -0.15) is 0 Å². The molecule has 2 aromatic carbocycles. The van der Waals surface area contributed by atoms with Crippen LogP contribution in [0.2, 0.25) is 0 Å². The number of para-hydroxylation sites is 2. The van der Waals surface area contributed by atoms with Crippen molar-refractivity contribution in [3.63, 3.8) is 0 Å². The topological polar surface area (TPSA) is 67.9 Å². The number of likely N-dealkylation sites (tertiary alicyclic amines) is 1. The first kappa shape index (κ1) is 21.7. The number of hydrogen-bond donors (Lipinski definition) is 1. The Morgan fingerprint density at radius 3 is 2.40 bits per heavy atom. The third-order valence-corrected chi connectivity index (χ3v) is 4.88. The van der Waals surface area contributed by atoms with E-state index in [1.54, 1.807) is 4.90 Å². The lowest BCUT2D eigenvalue weighted by atomic mass is 9.96. The maximum atomic E-state index is 12.8. The first-order chi connectivity index (χ1) is 14.2. The Morgan fingerprint density at radius 1 is 1.03 bits per heavy atom. The number of hydrogen-bond acceptors (Lipinski definition) is 4. The van der Waals surface area contributed by atoms with E-state index >= 15 is 0 Å². The summed E-state index contributed by atoms with van der Waals surface area (Å²) in [5, 5.41) is 3.00. The number of nitrogens with zero attached hydrogens (tertiary/aromatic N) is 1. The van der Waals surface area contributed by atoms with Crippen LogP contribution < -0.4 is 10.1 Å². The van der Waals surface area contributed by atoms with Gasteiger partial charge in [-0.3, -0.25) is 4.79 Å². The van der Waals surface area contributed by atoms with Crippen molar-refractivity contribution >= 4 is 17.7 Å². The number of anilines is 1. The van der Waals surface area contributed by atoms with E-state index in [1.165, 1.54) is 0 Å². The quantitative estimate of drug-likeness (QED) is 0.735. The average molecular weight is 411 g/mol. The Bertz CT molecular complexity index is 896. The molecule has 0 unspecified atom stereocenters. The summed E-state index contributed by atoms with van der Waals surface area (Å²) < 4.78 is 11.4. The van der Waals surface area contributed by atoms with Crippen LogP contribution in [0, 0.1) is 12.8 Å². The van der Waals surface area contributed by atoms with E-state index in [9.17, 15) is 9.59 Å². The van der Waals surface area contributed by atoms with Crippen molar-refractivity contribution in [2.75, 3.05) is 18.4 Å². The van der Waals surface area contributed by atoms with Gasteiger partial charge in [-0.15, -0.1) is 0 Å². The van der Waals surface area contributed by atoms with Crippen molar-refractivity contribution in [1.82, 2.24) is 4.90 Å². The van der Waals surface area contributed by atoms with Crippen LogP contribution in [0.1, 0.15) is 39.2 Å². The summed E-state index contributed by atoms with van der Waals surface area (Å²) in [6, 6.07) is 15.2. The SMILES string of the molecule is Cc1cccc(Oc2ccccc2NC(=O)C2CCN(C(=O)OC(C)(C)C)CC2)c1. The van der Waals surface area contributed by atoms with Gasteiger partial charge in [-0.25, -0.2) is 4.79 Å². The van der Waals surface area contributed by atoms with E-state index in [0.717, 1.165) is 11.3 Å². The normalized spacial score (nSPS) is 14.9. The molecule has 0 aliphatic carbocycles. The van der Waals surface area contributed by atoms with Crippen LogP contribution in [-0.4, -0.2) is 35.6 Å². The highest BCUT2D eigenvalue weighted by atomic mass is 16.6. The average Bonchev–Trinajstić information content (AvgIpc) is 2.68. The van der Waals surface area contributed by atoms with Gasteiger partial charge in [-0.05, 0) is 70.4 Å². The van der Waals surface area contributed by atoms with E-state index in [0.29, 0.717) is 37.4 Å². The van der Waals surface area contributed by atoms with E-state index in [2.05, 4.69) is 5.32 Å². The largest absolute Gasteiger partial charge is 0.455 e. The second-order valence-electron chi connectivity index (χ2n) is 8.65. The van der Waals surface area contributed by atoms with Gasteiger partial charge in [0.25, 0.3) is 0 Å². The second kappa shape index (κ2) is 9.20. The first-order valence-electron chi connectivity index (χ1n) is 10.3. The lowest BCUT2D eigenvalue weighted by molar-refractivity contribution is -0.121. The highest BCUT2D eigenvalue weighted by molar-refractivity contribution is 5.94. The van der Waals surface area contributed by atoms with Crippen LogP contribution in [-0.2, 0) is 9.53 Å². The Kier molecular flexibility index (Phi) is 6.65. The van der Waals surface area contributed by atoms with Gasteiger partial charge in [0, 0.05) is 19.0 Å². The van der Waals surface area contributed by atoms with Crippen molar-refractivity contribution in [1.29, 1.82) is 0 Å². The van der Waals surface area contributed by atoms with Crippen molar-refractivity contribution in [3.05, 3.63) is 54.1 Å². The summed E-state index contributed by atoms with van der Waals surface area (Å²) in [5.74, 6) is 1.11. The number of nitrogens with one attached hydrogen (secondary N) is 1. The highest BCUT2D eigenvalue weighted by Crippen LogP contribution is 2.31. The van der Waals surface area contributed by atoms with Crippen LogP contribution >= 0.6 is 0 Å². The van der Waals surface area contributed by atoms with Gasteiger partial charge in [0.2, 0.25) is 5.91 Å². The molecule has 1 fully saturated rings. The van der Waals surface area contributed by atoms with Crippen LogP contribution in [0.4, 0.5) is 10.5 Å². The zero-order valence-electron chi connectivity index (χ0n) is 18.1. The molecule has 0 aromatic heterocycles. The monoisotopic (exact) mass is 410 g/mol. The van der Waals surface area contributed by atoms with Crippen LogP contribution in [0.5, 0.6) is 11.5 Å². The molecule has 0 bridgehead atoms. The molecular weight excluding hydrogens is 380 g/mol. The minimum Gasteiger partial charge on any atom is -0.455 e. The molecule has 1 aliphatic rings. The molecule has 1 N–H and O–H groups in total. The molecule has 3 rings (SSSR count). The fourth-order valence-electron chi connectivity index (χ4n) is 3.35. The molecule has 6 nitrogen and oxygen atoms in total. The van der Waals surface area contributed by atoms with Crippen molar-refractivity contribution in [2.24, 2.45) is 5.92 Å². The molecule has 1 saturated heterocycles. The smallest absolute Gasteiger partial charge is 0.410 e. The first-order valence-corrected chi connectivity index (χ1v) is 10.3. The van der Waals surface area contributed by atoms with E-state index < -0.39 is 5.60 Å². The number of carbonyl (C=O) groups is 2. The van der Waals surface area contributed by atoms with Gasteiger partial charge in [0.05, 0.1) is 5.69 Å². The lowest BCUT2D eigenvalue weighted by Crippen LogP contribution is -2.43. The highest BCUT2D eigenvalue weighted by Gasteiger charge is 2.30. The Morgan fingerprint density at radius 2 is 1.73 bits per heavy atom. The van der Waals surface area contributed by atoms with Crippen LogP contribution in [0.25, 0.3) is 0 Å². The van der Waals surface area contributed by atoms with Gasteiger partial charge in [0.15, 0.2) is 5.75 Å². The predicted molar refractivity (Wildman–Crippen MR) is 117 cm³/mol. The van der Waals surface area contributed by atoms with Crippen molar-refractivity contribution in [2.45, 2.75) is 46.1 Å². The van der Waals surface area contributed by atoms with Gasteiger partial charge >= 0.3 is 6.09 Å². The molecule has 160 valence electrons. The van der Waals surface area contributed by atoms with Crippen LogP contribution in [0.15, 0.2) is 48.5 Å². The molecule has 0 saturated carbocycles. The molecule has 1 aliphatic heterocycles. The van der Waals surface area contributed by atoms with Gasteiger partial charge in [-0.1, -0.05) is 24.3 Å². The molecule has 6 heteroatoms. The molecule has 1 heterocycles. The summed E-state index contributed by atoms with van der Waals surface area (Å²) in [7, 11) is 0. The minimum atomic E-state index is -0.522. The molecule has 0 spiro atoms. The summed E-state index contributed by atoms with van der Waals surface area (Å²) in [4.78, 5) is 26.7. The molecule has 0 radical (unpaired) electrons. The van der Waals surface area contributed by atoms with Gasteiger partial charge < -0.3 is 19.7 Å². The molecule has 30 heavy (non-hydrogen) atoms. The zero-order valence-corrected chi connectivity index (χ0v) is 18.1. The summed E-state index contributed by atoms with van der Waals surface area (Å²) >= 11 is 0. The Balaban J connectivity index is 1.59. The number of benzene rings is 2. The Labute approximate surface area is 178 Å². The fraction of sp³-hybridized carbons (Fsp3) is 0.417. The number of rotatable bonds is 4. The third-order valence-electron chi connectivity index (χ3n) is 4.88. The summed E-state index contributed by atoms with van der Waals surface area (Å²) in [5.41, 5.74) is 1.22. The number of piperidine rings is 1. The van der Waals surface area contributed by atoms with E-state index in [-0.39, 0.29) is 17.9 Å². The zero-order chi connectivity index (χ0) is 21.7. The molecule has 2 aromatic rings. The van der Waals surface area contributed by atoms with Crippen LogP contribution in [0.3, 0.4) is 0 Å². The van der Waals surface area contributed by atoms with E-state index in [1.807, 2.05) is 76.2 Å². The Hall–Kier alpha value is -3.02. The summed E-state index contributed by atoms with van der Waals surface area (Å²) in [6.07, 6.45) is 0.885. The molecular formula is C24H30N2O4. The number of aryl methyl sites for hydroxylation is 1. The number of ether oxygens (including phenoxy) is 2.